The lowest BCUT2D eigenvalue weighted by molar-refractivity contribution is 0.0526. The minimum atomic E-state index is -0.986. The molecule has 0 aliphatic rings. The molecule has 0 fully saturated rings. The highest BCUT2D eigenvalue weighted by Crippen LogP contribution is 2.30. The SMILES string of the molecule is CCOC(=O)c1cc(C)ccc1Nc1cnc(-c2cccc(C(=O)N(C)C)c2)c(C)c1.Cc1ccc(Nc2cnc(-c3cccc(C(=O)N(C)C)c3)c(C)c2)c(C(=O)O)c1. The number of hydrogen-bond donors (Lipinski definition) is 3. The first-order chi connectivity index (χ1) is 28.6. The summed E-state index contributed by atoms with van der Waals surface area (Å²) in [7, 11) is 6.90. The van der Waals surface area contributed by atoms with Gasteiger partial charge in [-0.15, -0.1) is 0 Å². The third kappa shape index (κ3) is 10.8. The van der Waals surface area contributed by atoms with Crippen molar-refractivity contribution in [1.29, 1.82) is 0 Å². The molecule has 0 saturated heterocycles. The van der Waals surface area contributed by atoms with Crippen molar-refractivity contribution in [3.05, 3.63) is 154 Å². The lowest BCUT2D eigenvalue weighted by Crippen LogP contribution is -2.21. The van der Waals surface area contributed by atoms with Gasteiger partial charge in [0.2, 0.25) is 0 Å². The fourth-order valence-corrected chi connectivity index (χ4v) is 6.41. The number of nitrogens with one attached hydrogen (secondary N) is 2. The van der Waals surface area contributed by atoms with Crippen LogP contribution in [0.1, 0.15) is 70.6 Å². The number of carbonyl (C=O) groups excluding carboxylic acids is 3. The molecule has 2 amide bonds. The molecule has 0 radical (unpaired) electrons. The highest BCUT2D eigenvalue weighted by molar-refractivity contribution is 5.98. The van der Waals surface area contributed by atoms with E-state index in [0.29, 0.717) is 40.4 Å². The first-order valence-corrected chi connectivity index (χ1v) is 19.3. The van der Waals surface area contributed by atoms with Crippen LogP contribution in [0.3, 0.4) is 0 Å². The van der Waals surface area contributed by atoms with E-state index < -0.39 is 5.97 Å². The lowest BCUT2D eigenvalue weighted by atomic mass is 10.0. The van der Waals surface area contributed by atoms with Crippen molar-refractivity contribution < 1.29 is 29.0 Å². The molecule has 0 aliphatic carbocycles. The highest BCUT2D eigenvalue weighted by Gasteiger charge is 2.16. The topological polar surface area (TPSA) is 154 Å². The van der Waals surface area contributed by atoms with Gasteiger partial charge in [-0.05, 0) is 106 Å². The van der Waals surface area contributed by atoms with Gasteiger partial charge >= 0.3 is 11.9 Å². The van der Waals surface area contributed by atoms with E-state index in [0.717, 1.165) is 50.5 Å². The van der Waals surface area contributed by atoms with E-state index in [1.54, 1.807) is 76.7 Å². The average molecular weight is 807 g/mol. The van der Waals surface area contributed by atoms with Crippen LogP contribution in [0.15, 0.2) is 109 Å². The zero-order chi connectivity index (χ0) is 43.7. The Bertz CT molecular complexity index is 2570. The van der Waals surface area contributed by atoms with Gasteiger partial charge in [-0.1, -0.05) is 47.5 Å². The van der Waals surface area contributed by atoms with Crippen LogP contribution in [0.25, 0.3) is 22.5 Å². The molecule has 2 aromatic heterocycles. The van der Waals surface area contributed by atoms with E-state index in [1.807, 2.05) is 100 Å². The maximum atomic E-state index is 12.3. The average Bonchev–Trinajstić information content (AvgIpc) is 3.22. The summed E-state index contributed by atoms with van der Waals surface area (Å²) in [6.07, 6.45) is 3.38. The number of benzene rings is 4. The molecule has 3 N–H and O–H groups in total. The number of aromatic nitrogens is 2. The molecule has 0 unspecified atom stereocenters. The molecule has 12 nitrogen and oxygen atoms in total. The third-order valence-electron chi connectivity index (χ3n) is 9.37. The summed E-state index contributed by atoms with van der Waals surface area (Å²) < 4.78 is 5.18. The monoisotopic (exact) mass is 806 g/mol. The van der Waals surface area contributed by atoms with Crippen LogP contribution in [0.2, 0.25) is 0 Å². The van der Waals surface area contributed by atoms with Gasteiger partial charge in [-0.25, -0.2) is 9.59 Å². The molecule has 6 aromatic rings. The predicted molar refractivity (Wildman–Crippen MR) is 237 cm³/mol. The number of rotatable bonds is 11. The Balaban J connectivity index is 0.000000228. The number of aryl methyl sites for hydroxylation is 4. The summed E-state index contributed by atoms with van der Waals surface area (Å²) >= 11 is 0. The van der Waals surface area contributed by atoms with Crippen molar-refractivity contribution in [1.82, 2.24) is 19.8 Å². The first-order valence-electron chi connectivity index (χ1n) is 19.3. The molecule has 60 heavy (non-hydrogen) atoms. The van der Waals surface area contributed by atoms with Crippen LogP contribution < -0.4 is 10.6 Å². The van der Waals surface area contributed by atoms with Crippen molar-refractivity contribution in [3.63, 3.8) is 0 Å². The van der Waals surface area contributed by atoms with Gasteiger partial charge in [0, 0.05) is 50.4 Å². The number of anilines is 4. The molecular formula is C48H50N6O6. The predicted octanol–water partition coefficient (Wildman–Crippen LogP) is 9.50. The summed E-state index contributed by atoms with van der Waals surface area (Å²) in [5.74, 6) is -1.47. The van der Waals surface area contributed by atoms with E-state index >= 15 is 0 Å². The van der Waals surface area contributed by atoms with Crippen LogP contribution in [-0.2, 0) is 4.74 Å². The van der Waals surface area contributed by atoms with Gasteiger partial charge in [0.05, 0.1) is 64.3 Å². The molecular weight excluding hydrogens is 757 g/mol. The number of aromatic carboxylic acids is 1. The number of nitrogens with zero attached hydrogens (tertiary/aromatic N) is 4. The van der Waals surface area contributed by atoms with E-state index in [2.05, 4.69) is 20.6 Å². The van der Waals surface area contributed by atoms with Crippen molar-refractivity contribution in [3.8, 4) is 22.5 Å². The van der Waals surface area contributed by atoms with Gasteiger partial charge in [0.15, 0.2) is 0 Å². The van der Waals surface area contributed by atoms with Crippen LogP contribution in [0, 0.1) is 27.7 Å². The molecule has 308 valence electrons. The van der Waals surface area contributed by atoms with Gasteiger partial charge in [-0.3, -0.25) is 19.6 Å². The molecule has 2 heterocycles. The fourth-order valence-electron chi connectivity index (χ4n) is 6.41. The van der Waals surface area contributed by atoms with Crippen molar-refractivity contribution in [2.45, 2.75) is 34.6 Å². The summed E-state index contributed by atoms with van der Waals surface area (Å²) in [4.78, 5) is 60.6. The first kappa shape index (κ1) is 43.8. The molecule has 0 bridgehead atoms. The maximum Gasteiger partial charge on any atom is 0.340 e. The third-order valence-corrected chi connectivity index (χ3v) is 9.37. The Morgan fingerprint density at radius 3 is 1.43 bits per heavy atom. The minimum Gasteiger partial charge on any atom is -0.478 e. The number of esters is 1. The van der Waals surface area contributed by atoms with Crippen LogP contribution in [0.5, 0.6) is 0 Å². The van der Waals surface area contributed by atoms with Crippen LogP contribution in [-0.4, -0.2) is 83.4 Å². The second-order valence-electron chi connectivity index (χ2n) is 14.7. The molecule has 4 aromatic carbocycles. The second-order valence-corrected chi connectivity index (χ2v) is 14.7. The number of carbonyl (C=O) groups is 4. The van der Waals surface area contributed by atoms with Gasteiger partial charge in [0.1, 0.15) is 0 Å². The Morgan fingerprint density at radius 1 is 0.600 bits per heavy atom. The maximum absolute atomic E-state index is 12.3. The van der Waals surface area contributed by atoms with Crippen molar-refractivity contribution in [2.75, 3.05) is 45.4 Å². The van der Waals surface area contributed by atoms with Crippen molar-refractivity contribution in [2.24, 2.45) is 0 Å². The zero-order valence-corrected chi connectivity index (χ0v) is 35.4. The molecule has 0 spiro atoms. The smallest absolute Gasteiger partial charge is 0.340 e. The molecule has 12 heteroatoms. The Hall–Kier alpha value is -7.34. The highest BCUT2D eigenvalue weighted by atomic mass is 16.5. The van der Waals surface area contributed by atoms with E-state index in [-0.39, 0.29) is 23.3 Å². The number of pyridine rings is 2. The van der Waals surface area contributed by atoms with E-state index in [9.17, 15) is 24.3 Å². The normalized spacial score (nSPS) is 10.5. The molecule has 6 rings (SSSR count). The zero-order valence-electron chi connectivity index (χ0n) is 35.4. The standard InChI is InChI=1S/C25H27N3O3.C23H23N3O3/c1-6-31-25(30)21-12-16(2)10-11-22(21)27-20-13-17(3)23(26-15-20)18-8-7-9-19(14-18)24(29)28(4)5;1-14-8-9-20(19(10-14)23(28)29)25-18-11-15(2)21(24-13-18)16-6-5-7-17(12-16)22(27)26(3)4/h7-15,27H,6H2,1-5H3;5-13,25H,1-4H3,(H,28,29). The summed E-state index contributed by atoms with van der Waals surface area (Å²) in [6.45, 7) is 9.79. The number of hydrogen-bond acceptors (Lipinski definition) is 9. The van der Waals surface area contributed by atoms with E-state index in [4.69, 9.17) is 4.74 Å². The minimum absolute atomic E-state index is 0.0522. The lowest BCUT2D eigenvalue weighted by Gasteiger charge is -2.14. The van der Waals surface area contributed by atoms with Gasteiger partial charge in [-0.2, -0.15) is 0 Å². The largest absolute Gasteiger partial charge is 0.478 e. The Labute approximate surface area is 350 Å². The number of ether oxygens (including phenoxy) is 1. The number of carboxylic acids is 1. The fraction of sp³-hybridized carbons (Fsp3) is 0.208. The van der Waals surface area contributed by atoms with Crippen molar-refractivity contribution >= 4 is 46.5 Å². The number of amides is 2. The summed E-state index contributed by atoms with van der Waals surface area (Å²) in [6, 6.07) is 29.5. The van der Waals surface area contributed by atoms with Crippen LogP contribution >= 0.6 is 0 Å². The van der Waals surface area contributed by atoms with Crippen LogP contribution in [0.4, 0.5) is 22.7 Å². The second kappa shape index (κ2) is 19.4. The molecule has 0 atom stereocenters. The van der Waals surface area contributed by atoms with E-state index in [1.165, 1.54) is 4.90 Å². The van der Waals surface area contributed by atoms with Gasteiger partial charge in [0.25, 0.3) is 11.8 Å². The molecule has 0 aliphatic heterocycles. The van der Waals surface area contributed by atoms with Gasteiger partial charge < -0.3 is 30.3 Å². The Kier molecular flexibility index (Phi) is 14.2. The Morgan fingerprint density at radius 2 is 1.03 bits per heavy atom. The number of carboxylic acid groups (broad SMARTS) is 1. The summed E-state index contributed by atoms with van der Waals surface area (Å²) in [5, 5.41) is 15.9. The quantitative estimate of drug-likeness (QED) is 0.108. The summed E-state index contributed by atoms with van der Waals surface area (Å²) in [5.41, 5.74) is 11.5. The molecule has 0 saturated carbocycles.